The summed E-state index contributed by atoms with van der Waals surface area (Å²) < 4.78 is 6.71. The van der Waals surface area contributed by atoms with Gasteiger partial charge in [-0.2, -0.15) is 0 Å². The molecule has 0 saturated carbocycles. The number of hydrogen-bond donors (Lipinski definition) is 1. The average molecular weight is 434 g/mol. The summed E-state index contributed by atoms with van der Waals surface area (Å²) in [6.07, 6.45) is 1.40. The van der Waals surface area contributed by atoms with Crippen LogP contribution in [-0.2, 0) is 16.1 Å². The first-order valence-corrected chi connectivity index (χ1v) is 9.48. The molecule has 1 amide bonds. The molecule has 0 aliphatic heterocycles. The number of nitrogens with zero attached hydrogens (tertiary/aromatic N) is 2. The number of amides is 1. The Kier molecular flexibility index (Phi) is 6.20. The molecule has 0 radical (unpaired) electrons. The molecule has 7 nitrogen and oxygen atoms in total. The molecule has 29 heavy (non-hydrogen) atoms. The van der Waals surface area contributed by atoms with Gasteiger partial charge in [-0.05, 0) is 44.2 Å². The zero-order chi connectivity index (χ0) is 21.1. The second-order valence-corrected chi connectivity index (χ2v) is 7.14. The van der Waals surface area contributed by atoms with Crippen molar-refractivity contribution in [3.8, 4) is 0 Å². The third kappa shape index (κ3) is 4.75. The van der Waals surface area contributed by atoms with Gasteiger partial charge >= 0.3 is 5.97 Å². The standard InChI is InChI=1S/C20H17Cl2N3O4/c1-3-25-9-16(18(27)15-5-4-11(2)23-19(15)25)20(28)29-10-17(26)24-14-7-12(21)6-13(22)8-14/h4-9H,3,10H2,1-2H3,(H,24,26). The Bertz CT molecular complexity index is 1150. The van der Waals surface area contributed by atoms with E-state index in [1.165, 1.54) is 24.4 Å². The quantitative estimate of drug-likeness (QED) is 0.617. The van der Waals surface area contributed by atoms with Gasteiger partial charge in [-0.3, -0.25) is 9.59 Å². The van der Waals surface area contributed by atoms with Gasteiger partial charge in [0, 0.05) is 34.2 Å². The van der Waals surface area contributed by atoms with Crippen molar-refractivity contribution in [2.24, 2.45) is 0 Å². The van der Waals surface area contributed by atoms with Crippen molar-refractivity contribution in [3.05, 3.63) is 68.1 Å². The maximum Gasteiger partial charge on any atom is 0.344 e. The number of fused-ring (bicyclic) bond motifs is 1. The van der Waals surface area contributed by atoms with Crippen LogP contribution >= 0.6 is 23.2 Å². The summed E-state index contributed by atoms with van der Waals surface area (Å²) in [4.78, 5) is 41.5. The van der Waals surface area contributed by atoms with E-state index in [4.69, 9.17) is 27.9 Å². The summed E-state index contributed by atoms with van der Waals surface area (Å²) in [7, 11) is 0. The molecule has 1 aromatic carbocycles. The number of carbonyl (C=O) groups is 2. The minimum Gasteiger partial charge on any atom is -0.452 e. The first-order valence-electron chi connectivity index (χ1n) is 8.72. The lowest BCUT2D eigenvalue weighted by Crippen LogP contribution is -2.25. The smallest absolute Gasteiger partial charge is 0.344 e. The second kappa shape index (κ2) is 8.63. The molecule has 9 heteroatoms. The van der Waals surface area contributed by atoms with Gasteiger partial charge in [-0.1, -0.05) is 23.2 Å². The van der Waals surface area contributed by atoms with E-state index in [1.807, 2.05) is 13.8 Å². The number of aromatic nitrogens is 2. The number of anilines is 1. The lowest BCUT2D eigenvalue weighted by atomic mass is 10.2. The van der Waals surface area contributed by atoms with Gasteiger partial charge in [-0.25, -0.2) is 9.78 Å². The van der Waals surface area contributed by atoms with Crippen molar-refractivity contribution in [1.82, 2.24) is 9.55 Å². The third-order valence-corrected chi connectivity index (χ3v) is 4.54. The van der Waals surface area contributed by atoms with E-state index in [0.29, 0.717) is 33.3 Å². The van der Waals surface area contributed by atoms with Gasteiger partial charge in [0.25, 0.3) is 5.91 Å². The van der Waals surface area contributed by atoms with Crippen LogP contribution in [0.15, 0.2) is 41.3 Å². The maximum atomic E-state index is 12.7. The fourth-order valence-electron chi connectivity index (χ4n) is 2.78. The highest BCUT2D eigenvalue weighted by Gasteiger charge is 2.18. The predicted octanol–water partition coefficient (Wildman–Crippen LogP) is 3.83. The predicted molar refractivity (Wildman–Crippen MR) is 112 cm³/mol. The fraction of sp³-hybridized carbons (Fsp3) is 0.200. The highest BCUT2D eigenvalue weighted by molar-refractivity contribution is 6.35. The largest absolute Gasteiger partial charge is 0.452 e. The molecular weight excluding hydrogens is 417 g/mol. The van der Waals surface area contributed by atoms with Crippen LogP contribution < -0.4 is 10.7 Å². The molecule has 0 fully saturated rings. The Balaban J connectivity index is 1.77. The van der Waals surface area contributed by atoms with E-state index in [-0.39, 0.29) is 5.56 Å². The molecule has 3 rings (SSSR count). The van der Waals surface area contributed by atoms with E-state index >= 15 is 0 Å². The van der Waals surface area contributed by atoms with E-state index in [0.717, 1.165) is 5.69 Å². The van der Waals surface area contributed by atoms with Crippen molar-refractivity contribution in [2.75, 3.05) is 11.9 Å². The average Bonchev–Trinajstić information content (AvgIpc) is 2.65. The first kappa shape index (κ1) is 20.8. The van der Waals surface area contributed by atoms with Crippen molar-refractivity contribution in [2.45, 2.75) is 20.4 Å². The Morgan fingerprint density at radius 3 is 2.52 bits per heavy atom. The van der Waals surface area contributed by atoms with Gasteiger partial charge in [0.2, 0.25) is 5.43 Å². The lowest BCUT2D eigenvalue weighted by Gasteiger charge is -2.11. The summed E-state index contributed by atoms with van der Waals surface area (Å²) in [6.45, 7) is 3.62. The molecule has 0 unspecified atom stereocenters. The summed E-state index contributed by atoms with van der Waals surface area (Å²) in [5.74, 6) is -1.48. The van der Waals surface area contributed by atoms with E-state index < -0.39 is 23.9 Å². The van der Waals surface area contributed by atoms with Crippen LogP contribution in [0.25, 0.3) is 11.0 Å². The molecule has 0 saturated heterocycles. The van der Waals surface area contributed by atoms with Crippen LogP contribution in [-0.4, -0.2) is 28.0 Å². The van der Waals surface area contributed by atoms with Gasteiger partial charge in [0.1, 0.15) is 11.2 Å². The topological polar surface area (TPSA) is 90.3 Å². The number of hydrogen-bond acceptors (Lipinski definition) is 5. The second-order valence-electron chi connectivity index (χ2n) is 6.26. The Morgan fingerprint density at radius 2 is 1.86 bits per heavy atom. The van der Waals surface area contributed by atoms with E-state index in [9.17, 15) is 14.4 Å². The summed E-state index contributed by atoms with van der Waals surface area (Å²) in [6, 6.07) is 7.85. The maximum absolute atomic E-state index is 12.7. The number of halogens is 2. The van der Waals surface area contributed by atoms with Gasteiger partial charge in [0.15, 0.2) is 6.61 Å². The number of esters is 1. The van der Waals surface area contributed by atoms with Gasteiger partial charge in [-0.15, -0.1) is 0 Å². The number of pyridine rings is 2. The molecule has 2 heterocycles. The Morgan fingerprint density at radius 1 is 1.17 bits per heavy atom. The molecule has 1 N–H and O–H groups in total. The molecule has 0 spiro atoms. The van der Waals surface area contributed by atoms with Crippen LogP contribution in [0.2, 0.25) is 10.0 Å². The molecule has 150 valence electrons. The molecule has 0 aliphatic carbocycles. The van der Waals surface area contributed by atoms with E-state index in [1.54, 1.807) is 16.7 Å². The van der Waals surface area contributed by atoms with E-state index in [2.05, 4.69) is 10.3 Å². The number of nitrogens with one attached hydrogen (secondary N) is 1. The van der Waals surface area contributed by atoms with Crippen LogP contribution in [0.3, 0.4) is 0 Å². The zero-order valence-electron chi connectivity index (χ0n) is 15.7. The number of aryl methyl sites for hydroxylation is 2. The molecule has 3 aromatic rings. The van der Waals surface area contributed by atoms with Crippen LogP contribution in [0.4, 0.5) is 5.69 Å². The van der Waals surface area contributed by atoms with Crippen molar-refractivity contribution < 1.29 is 14.3 Å². The minimum absolute atomic E-state index is 0.163. The SMILES string of the molecule is CCn1cc(C(=O)OCC(=O)Nc2cc(Cl)cc(Cl)c2)c(=O)c2ccc(C)nc21. The fourth-order valence-corrected chi connectivity index (χ4v) is 3.30. The number of benzene rings is 1. The van der Waals surface area contributed by atoms with Crippen molar-refractivity contribution >= 4 is 51.8 Å². The molecule has 2 aromatic heterocycles. The first-order chi connectivity index (χ1) is 13.8. The third-order valence-electron chi connectivity index (χ3n) is 4.10. The normalized spacial score (nSPS) is 10.8. The monoisotopic (exact) mass is 433 g/mol. The summed E-state index contributed by atoms with van der Waals surface area (Å²) in [5, 5.41) is 3.54. The Hall–Kier alpha value is -2.90. The number of rotatable bonds is 5. The number of ether oxygens (including phenoxy) is 1. The molecule has 0 bridgehead atoms. The number of carbonyl (C=O) groups excluding carboxylic acids is 2. The minimum atomic E-state index is -0.890. The Labute approximate surface area is 176 Å². The molecule has 0 atom stereocenters. The highest BCUT2D eigenvalue weighted by Crippen LogP contribution is 2.22. The highest BCUT2D eigenvalue weighted by atomic mass is 35.5. The summed E-state index contributed by atoms with van der Waals surface area (Å²) in [5.41, 5.74) is 0.953. The van der Waals surface area contributed by atoms with Crippen LogP contribution in [0.1, 0.15) is 23.0 Å². The van der Waals surface area contributed by atoms with Crippen LogP contribution in [0, 0.1) is 6.92 Å². The van der Waals surface area contributed by atoms with Crippen LogP contribution in [0.5, 0.6) is 0 Å². The summed E-state index contributed by atoms with van der Waals surface area (Å²) >= 11 is 11.8. The molecular formula is C20H17Cl2N3O4. The van der Waals surface area contributed by atoms with Gasteiger partial charge in [0.05, 0.1) is 5.39 Å². The van der Waals surface area contributed by atoms with Crippen molar-refractivity contribution in [1.29, 1.82) is 0 Å². The van der Waals surface area contributed by atoms with Gasteiger partial charge < -0.3 is 14.6 Å². The molecule has 0 aliphatic rings. The van der Waals surface area contributed by atoms with Crippen molar-refractivity contribution in [3.63, 3.8) is 0 Å². The lowest BCUT2D eigenvalue weighted by molar-refractivity contribution is -0.119. The zero-order valence-corrected chi connectivity index (χ0v) is 17.2.